The van der Waals surface area contributed by atoms with Gasteiger partial charge in [0, 0.05) is 21.3 Å². The zero-order chi connectivity index (χ0) is 14.3. The molecule has 3 aromatic rings. The predicted molar refractivity (Wildman–Crippen MR) is 80.1 cm³/mol. The van der Waals surface area contributed by atoms with E-state index < -0.39 is 5.97 Å². The van der Waals surface area contributed by atoms with Crippen LogP contribution in [0.5, 0.6) is 0 Å². The number of aryl methyl sites for hydroxylation is 1. The lowest BCUT2D eigenvalue weighted by atomic mass is 10.2. The average Bonchev–Trinajstić information content (AvgIpc) is 3.02. The molecule has 0 aliphatic rings. The standard InChI is InChI=1S/C13H10N2O3S2/c1-6-11(13(17)18)7(5-14-6)15-12(16)10-4-9-8(20-10)2-3-19-9/h2-5,14H,1H3,(H,15,16)(H,17,18). The number of H-pyrrole nitrogens is 1. The first-order chi connectivity index (χ1) is 9.56. The molecule has 0 fully saturated rings. The van der Waals surface area contributed by atoms with Gasteiger partial charge in [0.25, 0.3) is 5.91 Å². The van der Waals surface area contributed by atoms with Crippen LogP contribution in [0.15, 0.2) is 23.7 Å². The number of fused-ring (bicyclic) bond motifs is 1. The van der Waals surface area contributed by atoms with Crippen LogP contribution in [0.1, 0.15) is 25.7 Å². The van der Waals surface area contributed by atoms with E-state index in [0.29, 0.717) is 10.6 Å². The Morgan fingerprint density at radius 3 is 2.85 bits per heavy atom. The topological polar surface area (TPSA) is 82.2 Å². The molecule has 0 aliphatic carbocycles. The monoisotopic (exact) mass is 306 g/mol. The summed E-state index contributed by atoms with van der Waals surface area (Å²) in [6.07, 6.45) is 1.49. The molecule has 0 unspecified atom stereocenters. The first-order valence-electron chi connectivity index (χ1n) is 5.76. The Hall–Kier alpha value is -2.12. The molecule has 1 amide bonds. The maximum Gasteiger partial charge on any atom is 0.339 e. The summed E-state index contributed by atoms with van der Waals surface area (Å²) in [6, 6.07) is 3.78. The van der Waals surface area contributed by atoms with Crippen molar-refractivity contribution in [2.24, 2.45) is 0 Å². The molecule has 0 saturated carbocycles. The summed E-state index contributed by atoms with van der Waals surface area (Å²) in [5.41, 5.74) is 0.897. The van der Waals surface area contributed by atoms with E-state index in [2.05, 4.69) is 10.3 Å². The minimum absolute atomic E-state index is 0.0942. The van der Waals surface area contributed by atoms with Crippen LogP contribution in [0.4, 0.5) is 5.69 Å². The van der Waals surface area contributed by atoms with Crippen LogP contribution in [0.3, 0.4) is 0 Å². The SMILES string of the molecule is Cc1[nH]cc(NC(=O)c2cc3sccc3s2)c1C(=O)O. The molecule has 0 bridgehead atoms. The number of aromatic amines is 1. The predicted octanol–water partition coefficient (Wildman–Crippen LogP) is 3.55. The largest absolute Gasteiger partial charge is 0.478 e. The smallest absolute Gasteiger partial charge is 0.339 e. The summed E-state index contributed by atoms with van der Waals surface area (Å²) in [4.78, 5) is 26.7. The van der Waals surface area contributed by atoms with E-state index in [-0.39, 0.29) is 17.2 Å². The Morgan fingerprint density at radius 2 is 2.15 bits per heavy atom. The fraction of sp³-hybridized carbons (Fsp3) is 0.0769. The summed E-state index contributed by atoms with van der Waals surface area (Å²) in [5.74, 6) is -1.36. The zero-order valence-electron chi connectivity index (χ0n) is 10.4. The van der Waals surface area contributed by atoms with Gasteiger partial charge in [0.1, 0.15) is 5.56 Å². The highest BCUT2D eigenvalue weighted by Crippen LogP contribution is 2.30. The molecular formula is C13H10N2O3S2. The van der Waals surface area contributed by atoms with E-state index in [1.54, 1.807) is 18.3 Å². The molecule has 0 spiro atoms. The molecule has 20 heavy (non-hydrogen) atoms. The van der Waals surface area contributed by atoms with E-state index in [9.17, 15) is 9.59 Å². The molecule has 0 aromatic carbocycles. The lowest BCUT2D eigenvalue weighted by Gasteiger charge is -2.02. The molecule has 3 heterocycles. The van der Waals surface area contributed by atoms with Crippen LogP contribution in [-0.4, -0.2) is 22.0 Å². The molecule has 102 valence electrons. The van der Waals surface area contributed by atoms with E-state index in [4.69, 9.17) is 5.11 Å². The third-order valence-electron chi connectivity index (χ3n) is 2.90. The number of hydrogen-bond acceptors (Lipinski definition) is 4. The van der Waals surface area contributed by atoms with Crippen molar-refractivity contribution in [1.82, 2.24) is 4.98 Å². The van der Waals surface area contributed by atoms with Gasteiger partial charge >= 0.3 is 5.97 Å². The zero-order valence-corrected chi connectivity index (χ0v) is 12.0. The highest BCUT2D eigenvalue weighted by Gasteiger charge is 2.18. The minimum atomic E-state index is -1.06. The van der Waals surface area contributed by atoms with Gasteiger partial charge in [-0.15, -0.1) is 22.7 Å². The maximum absolute atomic E-state index is 12.2. The Labute approximate surface area is 121 Å². The van der Waals surface area contributed by atoms with Gasteiger partial charge in [-0.1, -0.05) is 0 Å². The van der Waals surface area contributed by atoms with Crippen LogP contribution in [0.25, 0.3) is 9.40 Å². The lowest BCUT2D eigenvalue weighted by Crippen LogP contribution is -2.12. The Balaban J connectivity index is 1.89. The second kappa shape index (κ2) is 4.77. The van der Waals surface area contributed by atoms with Crippen molar-refractivity contribution in [2.45, 2.75) is 6.92 Å². The number of amides is 1. The Morgan fingerprint density at radius 1 is 1.35 bits per heavy atom. The minimum Gasteiger partial charge on any atom is -0.478 e. The second-order valence-corrected chi connectivity index (χ2v) is 6.25. The summed E-state index contributed by atoms with van der Waals surface area (Å²) in [7, 11) is 0. The van der Waals surface area contributed by atoms with Crippen LogP contribution in [0, 0.1) is 6.92 Å². The third-order valence-corrected chi connectivity index (χ3v) is 4.99. The van der Waals surface area contributed by atoms with Gasteiger partial charge in [-0.25, -0.2) is 4.79 Å². The Kier molecular flexibility index (Phi) is 3.07. The van der Waals surface area contributed by atoms with Crippen molar-refractivity contribution in [3.63, 3.8) is 0 Å². The summed E-state index contributed by atoms with van der Waals surface area (Å²) in [6.45, 7) is 1.65. The maximum atomic E-state index is 12.2. The second-order valence-electron chi connectivity index (χ2n) is 4.22. The van der Waals surface area contributed by atoms with Gasteiger partial charge in [0.15, 0.2) is 0 Å². The number of carboxylic acids is 1. The van der Waals surface area contributed by atoms with Gasteiger partial charge in [0.05, 0.1) is 10.6 Å². The summed E-state index contributed by atoms with van der Waals surface area (Å²) < 4.78 is 2.12. The molecule has 3 rings (SSSR count). The van der Waals surface area contributed by atoms with Crippen molar-refractivity contribution >= 4 is 49.6 Å². The van der Waals surface area contributed by atoms with Gasteiger partial charge in [-0.2, -0.15) is 0 Å². The molecule has 0 radical (unpaired) electrons. The van der Waals surface area contributed by atoms with Crippen molar-refractivity contribution in [3.05, 3.63) is 39.8 Å². The number of nitrogens with one attached hydrogen (secondary N) is 2. The van der Waals surface area contributed by atoms with Gasteiger partial charge < -0.3 is 15.4 Å². The normalized spacial score (nSPS) is 10.8. The van der Waals surface area contributed by atoms with Crippen molar-refractivity contribution < 1.29 is 14.7 Å². The molecule has 0 aliphatic heterocycles. The van der Waals surface area contributed by atoms with Crippen molar-refractivity contribution in [3.8, 4) is 0 Å². The Bertz CT molecular complexity index is 784. The van der Waals surface area contributed by atoms with E-state index in [1.165, 1.54) is 17.5 Å². The number of aromatic carboxylic acids is 1. The molecule has 0 atom stereocenters. The van der Waals surface area contributed by atoms with E-state index in [1.807, 2.05) is 17.5 Å². The van der Waals surface area contributed by atoms with Crippen LogP contribution >= 0.6 is 22.7 Å². The fourth-order valence-electron chi connectivity index (χ4n) is 1.96. The van der Waals surface area contributed by atoms with Crippen LogP contribution < -0.4 is 5.32 Å². The number of carboxylic acid groups (broad SMARTS) is 1. The molecule has 3 aromatic heterocycles. The van der Waals surface area contributed by atoms with Crippen molar-refractivity contribution in [1.29, 1.82) is 0 Å². The molecule has 0 saturated heterocycles. The van der Waals surface area contributed by atoms with E-state index >= 15 is 0 Å². The average molecular weight is 306 g/mol. The highest BCUT2D eigenvalue weighted by atomic mass is 32.1. The number of aromatic nitrogens is 1. The molecule has 3 N–H and O–H groups in total. The number of anilines is 1. The van der Waals surface area contributed by atoms with Crippen molar-refractivity contribution in [2.75, 3.05) is 5.32 Å². The van der Waals surface area contributed by atoms with Crippen LogP contribution in [-0.2, 0) is 0 Å². The highest BCUT2D eigenvalue weighted by molar-refractivity contribution is 7.27. The number of hydrogen-bond donors (Lipinski definition) is 3. The summed E-state index contributed by atoms with van der Waals surface area (Å²) in [5, 5.41) is 13.7. The number of rotatable bonds is 3. The van der Waals surface area contributed by atoms with E-state index in [0.717, 1.165) is 9.40 Å². The summed E-state index contributed by atoms with van der Waals surface area (Å²) >= 11 is 2.97. The lowest BCUT2D eigenvalue weighted by molar-refractivity contribution is 0.0697. The van der Waals surface area contributed by atoms with Gasteiger partial charge in [0.2, 0.25) is 0 Å². The molecular weight excluding hydrogens is 296 g/mol. The quantitative estimate of drug-likeness (QED) is 0.692. The first-order valence-corrected chi connectivity index (χ1v) is 7.45. The number of carbonyl (C=O) groups is 2. The fourth-order valence-corrected chi connectivity index (χ4v) is 3.97. The third kappa shape index (κ3) is 2.10. The van der Waals surface area contributed by atoms with Gasteiger partial charge in [-0.05, 0) is 24.4 Å². The first kappa shape index (κ1) is 12.9. The van der Waals surface area contributed by atoms with Crippen LogP contribution in [0.2, 0.25) is 0 Å². The number of thiophene rings is 2. The van der Waals surface area contributed by atoms with Gasteiger partial charge in [-0.3, -0.25) is 4.79 Å². The number of carbonyl (C=O) groups excluding carboxylic acids is 1. The molecule has 5 nitrogen and oxygen atoms in total. The molecule has 7 heteroatoms.